The summed E-state index contributed by atoms with van der Waals surface area (Å²) in [5, 5.41) is 3.70. The van der Waals surface area contributed by atoms with Crippen molar-refractivity contribution in [1.82, 2.24) is 5.32 Å². The third-order valence-electron chi connectivity index (χ3n) is 4.58. The summed E-state index contributed by atoms with van der Waals surface area (Å²) in [6.45, 7) is 3.26. The first-order valence-corrected chi connectivity index (χ1v) is 7.66. The molecule has 0 radical (unpaired) electrons. The molecule has 2 nitrogen and oxygen atoms in total. The number of ether oxygens (including phenoxy) is 1. The Morgan fingerprint density at radius 3 is 2.52 bits per heavy atom. The monoisotopic (exact) mass is 281 g/mol. The molecule has 1 aliphatic rings. The Balaban J connectivity index is 1.65. The minimum Gasteiger partial charge on any atom is -0.497 e. The first-order valence-electron chi connectivity index (χ1n) is 7.66. The van der Waals surface area contributed by atoms with Crippen molar-refractivity contribution in [2.45, 2.75) is 31.2 Å². The van der Waals surface area contributed by atoms with Crippen LogP contribution in [-0.2, 0) is 5.41 Å². The molecule has 1 unspecified atom stereocenters. The van der Waals surface area contributed by atoms with Crippen molar-refractivity contribution in [1.29, 1.82) is 0 Å². The molecule has 2 heteroatoms. The molecule has 0 aromatic heterocycles. The number of hydrogen-bond acceptors (Lipinski definition) is 2. The zero-order valence-corrected chi connectivity index (χ0v) is 12.8. The molecule has 1 fully saturated rings. The fourth-order valence-electron chi connectivity index (χ4n) is 2.89. The Labute approximate surface area is 127 Å². The van der Waals surface area contributed by atoms with Crippen molar-refractivity contribution >= 4 is 0 Å². The fraction of sp³-hybridized carbons (Fsp3) is 0.368. The zero-order chi connectivity index (χ0) is 14.7. The number of hydrogen-bond donors (Lipinski definition) is 1. The molecular formula is C19H23NO. The van der Waals surface area contributed by atoms with Crippen molar-refractivity contribution in [2.75, 3.05) is 13.7 Å². The number of rotatable bonds is 6. The summed E-state index contributed by atoms with van der Waals surface area (Å²) in [7, 11) is 1.71. The molecule has 3 rings (SSSR count). The molecular weight excluding hydrogens is 258 g/mol. The van der Waals surface area contributed by atoms with Crippen LogP contribution in [0.1, 0.15) is 36.9 Å². The van der Waals surface area contributed by atoms with Gasteiger partial charge in [-0.2, -0.15) is 0 Å². The Morgan fingerprint density at radius 1 is 1.10 bits per heavy atom. The number of benzene rings is 2. The molecule has 1 aliphatic carbocycles. The van der Waals surface area contributed by atoms with Crippen LogP contribution in [0.5, 0.6) is 5.75 Å². The largest absolute Gasteiger partial charge is 0.497 e. The van der Waals surface area contributed by atoms with Crippen LogP contribution in [0.3, 0.4) is 0 Å². The fourth-order valence-corrected chi connectivity index (χ4v) is 2.89. The second-order valence-electron chi connectivity index (χ2n) is 6.03. The molecule has 0 heterocycles. The van der Waals surface area contributed by atoms with Crippen molar-refractivity contribution in [3.8, 4) is 5.75 Å². The van der Waals surface area contributed by atoms with Gasteiger partial charge in [0.25, 0.3) is 0 Å². The van der Waals surface area contributed by atoms with Crippen molar-refractivity contribution in [2.24, 2.45) is 0 Å². The van der Waals surface area contributed by atoms with E-state index in [1.807, 2.05) is 6.07 Å². The Hall–Kier alpha value is -1.80. The van der Waals surface area contributed by atoms with Gasteiger partial charge in [-0.15, -0.1) is 0 Å². The Morgan fingerprint density at radius 2 is 1.86 bits per heavy atom. The van der Waals surface area contributed by atoms with Crippen LogP contribution in [0, 0.1) is 0 Å². The normalized spacial score (nSPS) is 17.2. The van der Waals surface area contributed by atoms with Gasteiger partial charge in [-0.25, -0.2) is 0 Å². The standard InChI is InChI=1S/C19H23NO/c1-15(16-7-6-10-18(13-16)21-2)20-14-19(11-12-19)17-8-4-3-5-9-17/h3-10,13,15,20H,11-12,14H2,1-2H3. The van der Waals surface area contributed by atoms with Crippen LogP contribution in [0.25, 0.3) is 0 Å². The van der Waals surface area contributed by atoms with E-state index in [0.717, 1.165) is 12.3 Å². The molecule has 2 aromatic carbocycles. The van der Waals surface area contributed by atoms with Gasteiger partial charge in [0.2, 0.25) is 0 Å². The molecule has 2 aromatic rings. The second-order valence-corrected chi connectivity index (χ2v) is 6.03. The van der Waals surface area contributed by atoms with E-state index in [4.69, 9.17) is 4.74 Å². The smallest absolute Gasteiger partial charge is 0.119 e. The van der Waals surface area contributed by atoms with Gasteiger partial charge in [0, 0.05) is 18.0 Å². The minimum absolute atomic E-state index is 0.335. The van der Waals surface area contributed by atoms with Gasteiger partial charge in [0.15, 0.2) is 0 Å². The summed E-state index contributed by atoms with van der Waals surface area (Å²) in [5.41, 5.74) is 3.10. The van der Waals surface area contributed by atoms with Crippen molar-refractivity contribution in [3.05, 3.63) is 65.7 Å². The van der Waals surface area contributed by atoms with Crippen LogP contribution < -0.4 is 10.1 Å². The van der Waals surface area contributed by atoms with E-state index in [1.165, 1.54) is 24.0 Å². The second kappa shape index (κ2) is 5.90. The topological polar surface area (TPSA) is 21.3 Å². The first-order chi connectivity index (χ1) is 10.2. The quantitative estimate of drug-likeness (QED) is 0.861. The van der Waals surface area contributed by atoms with Crippen LogP contribution in [0.15, 0.2) is 54.6 Å². The zero-order valence-electron chi connectivity index (χ0n) is 12.8. The summed E-state index contributed by atoms with van der Waals surface area (Å²) in [6, 6.07) is 19.5. The SMILES string of the molecule is COc1cccc(C(C)NCC2(c3ccccc3)CC2)c1. The Bertz CT molecular complexity index is 590. The molecule has 0 bridgehead atoms. The third-order valence-corrected chi connectivity index (χ3v) is 4.58. The highest BCUT2D eigenvalue weighted by Gasteiger charge is 2.43. The molecule has 0 spiro atoms. The van der Waals surface area contributed by atoms with Gasteiger partial charge < -0.3 is 10.1 Å². The van der Waals surface area contributed by atoms with E-state index in [9.17, 15) is 0 Å². The maximum Gasteiger partial charge on any atom is 0.119 e. The maximum atomic E-state index is 5.30. The molecule has 0 saturated heterocycles. The summed E-state index contributed by atoms with van der Waals surface area (Å²) < 4.78 is 5.30. The average Bonchev–Trinajstić information content (AvgIpc) is 3.35. The lowest BCUT2D eigenvalue weighted by molar-refractivity contribution is 0.413. The first kappa shape index (κ1) is 14.2. The van der Waals surface area contributed by atoms with Gasteiger partial charge in [-0.1, -0.05) is 42.5 Å². The average molecular weight is 281 g/mol. The molecule has 1 saturated carbocycles. The molecule has 0 amide bonds. The van der Waals surface area contributed by atoms with Gasteiger partial charge >= 0.3 is 0 Å². The van der Waals surface area contributed by atoms with Gasteiger partial charge in [-0.3, -0.25) is 0 Å². The Kier molecular flexibility index (Phi) is 3.98. The highest BCUT2D eigenvalue weighted by atomic mass is 16.5. The lowest BCUT2D eigenvalue weighted by atomic mass is 9.95. The van der Waals surface area contributed by atoms with Gasteiger partial charge in [-0.05, 0) is 43.0 Å². The van der Waals surface area contributed by atoms with Crippen LogP contribution in [0.2, 0.25) is 0 Å². The van der Waals surface area contributed by atoms with Crippen molar-refractivity contribution in [3.63, 3.8) is 0 Å². The summed E-state index contributed by atoms with van der Waals surface area (Å²) in [5.74, 6) is 0.922. The predicted octanol–water partition coefficient (Wildman–Crippen LogP) is 4.08. The van der Waals surface area contributed by atoms with E-state index in [0.29, 0.717) is 11.5 Å². The summed E-state index contributed by atoms with van der Waals surface area (Å²) in [6.07, 6.45) is 2.57. The van der Waals surface area contributed by atoms with Crippen molar-refractivity contribution < 1.29 is 4.74 Å². The van der Waals surface area contributed by atoms with Crippen LogP contribution in [0.4, 0.5) is 0 Å². The summed E-state index contributed by atoms with van der Waals surface area (Å²) in [4.78, 5) is 0. The van der Waals surface area contributed by atoms with E-state index in [-0.39, 0.29) is 0 Å². The van der Waals surface area contributed by atoms with Crippen LogP contribution in [-0.4, -0.2) is 13.7 Å². The molecule has 0 aliphatic heterocycles. The summed E-state index contributed by atoms with van der Waals surface area (Å²) >= 11 is 0. The predicted molar refractivity (Wildman–Crippen MR) is 86.8 cm³/mol. The highest BCUT2D eigenvalue weighted by Crippen LogP contribution is 2.47. The number of methoxy groups -OCH3 is 1. The molecule has 1 N–H and O–H groups in total. The highest BCUT2D eigenvalue weighted by molar-refractivity contribution is 5.33. The minimum atomic E-state index is 0.335. The van der Waals surface area contributed by atoms with Gasteiger partial charge in [0.05, 0.1) is 7.11 Å². The molecule has 1 atom stereocenters. The number of nitrogens with one attached hydrogen (secondary N) is 1. The van der Waals surface area contributed by atoms with Crippen LogP contribution >= 0.6 is 0 Å². The van der Waals surface area contributed by atoms with E-state index >= 15 is 0 Å². The maximum absolute atomic E-state index is 5.30. The van der Waals surface area contributed by atoms with E-state index < -0.39 is 0 Å². The molecule has 110 valence electrons. The van der Waals surface area contributed by atoms with Gasteiger partial charge in [0.1, 0.15) is 5.75 Å². The third kappa shape index (κ3) is 3.11. The lowest BCUT2D eigenvalue weighted by Crippen LogP contribution is -2.29. The lowest BCUT2D eigenvalue weighted by Gasteiger charge is -2.21. The molecule has 21 heavy (non-hydrogen) atoms. The van der Waals surface area contributed by atoms with E-state index in [2.05, 4.69) is 60.8 Å². The van der Waals surface area contributed by atoms with E-state index in [1.54, 1.807) is 7.11 Å².